The van der Waals surface area contributed by atoms with Gasteiger partial charge in [-0.05, 0) is 55.6 Å². The number of benzene rings is 2. The summed E-state index contributed by atoms with van der Waals surface area (Å²) < 4.78 is 12.3. The smallest absolute Gasteiger partial charge is 0.133 e. The van der Waals surface area contributed by atoms with Gasteiger partial charge in [0, 0.05) is 10.0 Å². The molecule has 112 valence electrons. The van der Waals surface area contributed by atoms with Crippen LogP contribution >= 0.6 is 55.1 Å². The van der Waals surface area contributed by atoms with E-state index >= 15 is 0 Å². The van der Waals surface area contributed by atoms with Gasteiger partial charge in [-0.25, -0.2) is 0 Å². The summed E-state index contributed by atoms with van der Waals surface area (Å²) in [5, 5.41) is 0.133. The van der Waals surface area contributed by atoms with Crippen LogP contribution in [0.3, 0.4) is 0 Å². The number of alkyl halides is 1. The minimum absolute atomic E-state index is 0.452. The second-order valence-electron chi connectivity index (χ2n) is 4.23. The lowest BCUT2D eigenvalue weighted by molar-refractivity contribution is 0.397. The van der Waals surface area contributed by atoms with E-state index in [0.29, 0.717) is 16.5 Å². The second kappa shape index (κ2) is 7.23. The molecule has 0 bridgehead atoms. The molecule has 0 fully saturated rings. The van der Waals surface area contributed by atoms with Crippen molar-refractivity contribution in [2.24, 2.45) is 0 Å². The fourth-order valence-corrected chi connectivity index (χ4v) is 3.47. The summed E-state index contributed by atoms with van der Waals surface area (Å²) in [7, 11) is 3.20. The normalized spacial score (nSPS) is 12.1. The van der Waals surface area contributed by atoms with Gasteiger partial charge in [-0.2, -0.15) is 0 Å². The number of hydrogen-bond donors (Lipinski definition) is 0. The molecule has 2 rings (SSSR count). The highest BCUT2D eigenvalue weighted by Gasteiger charge is 2.21. The third kappa shape index (κ3) is 3.50. The van der Waals surface area contributed by atoms with Crippen LogP contribution in [0.15, 0.2) is 39.3 Å². The van der Waals surface area contributed by atoms with E-state index in [0.717, 1.165) is 20.1 Å². The summed E-state index contributed by atoms with van der Waals surface area (Å²) in [6, 6.07) is 9.32. The Morgan fingerprint density at radius 3 is 2.24 bits per heavy atom. The van der Waals surface area contributed by atoms with Crippen LogP contribution < -0.4 is 9.47 Å². The minimum Gasteiger partial charge on any atom is -0.496 e. The van der Waals surface area contributed by atoms with E-state index in [-0.39, 0.29) is 0 Å². The van der Waals surface area contributed by atoms with Crippen LogP contribution in [0.4, 0.5) is 0 Å². The van der Waals surface area contributed by atoms with Gasteiger partial charge in [0.05, 0.1) is 29.1 Å². The van der Waals surface area contributed by atoms with Crippen molar-refractivity contribution < 1.29 is 9.47 Å². The number of halogens is 4. The summed E-state index contributed by atoms with van der Waals surface area (Å²) in [5.41, 5.74) is 1.59. The van der Waals surface area contributed by atoms with Crippen LogP contribution in [0.1, 0.15) is 16.5 Å². The Morgan fingerprint density at radius 1 is 0.952 bits per heavy atom. The van der Waals surface area contributed by atoms with Crippen LogP contribution in [-0.4, -0.2) is 14.2 Å². The standard InChI is InChI=1S/C15H12Br2Cl2O2/c1-20-12-7-11(17)13(21-2)6-9(12)14(18)8-4-3-5-10(16)15(8)19/h3-7,14H,1-2H3. The Kier molecular flexibility index (Phi) is 5.83. The molecule has 0 amide bonds. The van der Waals surface area contributed by atoms with E-state index in [1.807, 2.05) is 30.3 Å². The zero-order valence-electron chi connectivity index (χ0n) is 11.3. The summed E-state index contributed by atoms with van der Waals surface area (Å²) in [5.74, 6) is 1.35. The van der Waals surface area contributed by atoms with Gasteiger partial charge in [-0.1, -0.05) is 23.7 Å². The molecule has 0 aliphatic rings. The first-order chi connectivity index (χ1) is 9.99. The van der Waals surface area contributed by atoms with Gasteiger partial charge >= 0.3 is 0 Å². The van der Waals surface area contributed by atoms with Crippen molar-refractivity contribution in [3.05, 3.63) is 55.4 Å². The van der Waals surface area contributed by atoms with Crippen LogP contribution in [0.25, 0.3) is 0 Å². The zero-order valence-corrected chi connectivity index (χ0v) is 16.0. The summed E-state index contributed by atoms with van der Waals surface area (Å²) >= 11 is 19.8. The van der Waals surface area contributed by atoms with Crippen molar-refractivity contribution in [1.29, 1.82) is 0 Å². The number of methoxy groups -OCH3 is 2. The maximum atomic E-state index is 6.62. The highest BCUT2D eigenvalue weighted by Crippen LogP contribution is 2.43. The lowest BCUT2D eigenvalue weighted by atomic mass is 10.0. The molecule has 0 aliphatic carbocycles. The Balaban J connectivity index is 2.56. The third-order valence-electron chi connectivity index (χ3n) is 3.03. The third-order valence-corrected chi connectivity index (χ3v) is 5.43. The molecule has 2 aromatic rings. The zero-order chi connectivity index (χ0) is 15.6. The molecule has 0 N–H and O–H groups in total. The van der Waals surface area contributed by atoms with Crippen LogP contribution in [0, 0.1) is 0 Å². The first-order valence-electron chi connectivity index (χ1n) is 5.99. The first-order valence-corrected chi connectivity index (χ1v) is 8.39. The van der Waals surface area contributed by atoms with E-state index < -0.39 is 5.38 Å². The van der Waals surface area contributed by atoms with Crippen LogP contribution in [-0.2, 0) is 0 Å². The lowest BCUT2D eigenvalue weighted by Gasteiger charge is -2.18. The number of ether oxygens (including phenoxy) is 2. The van der Waals surface area contributed by atoms with Crippen molar-refractivity contribution in [2.75, 3.05) is 14.2 Å². The van der Waals surface area contributed by atoms with Crippen LogP contribution in [0.5, 0.6) is 11.5 Å². The van der Waals surface area contributed by atoms with Crippen molar-refractivity contribution in [2.45, 2.75) is 5.38 Å². The second-order valence-corrected chi connectivity index (χ2v) is 6.76. The predicted octanol–water partition coefficient (Wildman–Crippen LogP) is 6.21. The molecular formula is C15H12Br2Cl2O2. The molecule has 2 aromatic carbocycles. The van der Waals surface area contributed by atoms with E-state index in [9.17, 15) is 0 Å². The first kappa shape index (κ1) is 16.9. The van der Waals surface area contributed by atoms with Crippen molar-refractivity contribution in [1.82, 2.24) is 0 Å². The minimum atomic E-state index is -0.452. The molecular weight excluding hydrogens is 443 g/mol. The molecule has 6 heteroatoms. The summed E-state index contributed by atoms with van der Waals surface area (Å²) in [6.07, 6.45) is 0. The molecule has 0 radical (unpaired) electrons. The van der Waals surface area contributed by atoms with E-state index in [1.54, 1.807) is 14.2 Å². The summed E-state index contributed by atoms with van der Waals surface area (Å²) in [4.78, 5) is 0. The van der Waals surface area contributed by atoms with Gasteiger partial charge in [0.15, 0.2) is 0 Å². The van der Waals surface area contributed by atoms with Gasteiger partial charge in [0.25, 0.3) is 0 Å². The van der Waals surface area contributed by atoms with E-state index in [1.165, 1.54) is 0 Å². The topological polar surface area (TPSA) is 18.5 Å². The van der Waals surface area contributed by atoms with Gasteiger partial charge in [0.1, 0.15) is 11.5 Å². The Morgan fingerprint density at radius 2 is 1.62 bits per heavy atom. The lowest BCUT2D eigenvalue weighted by Crippen LogP contribution is -2.00. The summed E-state index contributed by atoms with van der Waals surface area (Å²) in [6.45, 7) is 0. The van der Waals surface area contributed by atoms with Gasteiger partial charge in [-0.3, -0.25) is 0 Å². The largest absolute Gasteiger partial charge is 0.496 e. The fraction of sp³-hybridized carbons (Fsp3) is 0.200. The van der Waals surface area contributed by atoms with Gasteiger partial charge in [-0.15, -0.1) is 11.6 Å². The molecule has 21 heavy (non-hydrogen) atoms. The maximum absolute atomic E-state index is 6.62. The maximum Gasteiger partial charge on any atom is 0.133 e. The molecule has 0 saturated heterocycles. The SMILES string of the molecule is COc1cc(C(Cl)c2cccc(Br)c2Cl)c(OC)cc1Br. The van der Waals surface area contributed by atoms with Crippen LogP contribution in [0.2, 0.25) is 5.02 Å². The molecule has 0 spiro atoms. The Bertz CT molecular complexity index is 662. The molecule has 1 atom stereocenters. The highest BCUT2D eigenvalue weighted by molar-refractivity contribution is 9.10. The molecule has 2 nitrogen and oxygen atoms in total. The van der Waals surface area contributed by atoms with Crippen molar-refractivity contribution >= 4 is 55.1 Å². The van der Waals surface area contributed by atoms with Crippen molar-refractivity contribution in [3.8, 4) is 11.5 Å². The van der Waals surface area contributed by atoms with E-state index in [4.69, 9.17) is 32.7 Å². The van der Waals surface area contributed by atoms with Gasteiger partial charge in [0.2, 0.25) is 0 Å². The number of hydrogen-bond acceptors (Lipinski definition) is 2. The molecule has 0 saturated carbocycles. The average Bonchev–Trinajstić information content (AvgIpc) is 2.49. The molecule has 0 heterocycles. The highest BCUT2D eigenvalue weighted by atomic mass is 79.9. The molecule has 0 aliphatic heterocycles. The predicted molar refractivity (Wildman–Crippen MR) is 94.1 cm³/mol. The Hall–Kier alpha value is -0.420. The number of rotatable bonds is 4. The van der Waals surface area contributed by atoms with E-state index in [2.05, 4.69) is 31.9 Å². The monoisotopic (exact) mass is 452 g/mol. The average molecular weight is 455 g/mol. The molecule has 0 aromatic heterocycles. The Labute approximate surface area is 150 Å². The van der Waals surface area contributed by atoms with Crippen molar-refractivity contribution in [3.63, 3.8) is 0 Å². The van der Waals surface area contributed by atoms with Gasteiger partial charge < -0.3 is 9.47 Å². The quantitative estimate of drug-likeness (QED) is 0.511. The fourth-order valence-electron chi connectivity index (χ4n) is 1.97. The molecule has 1 unspecified atom stereocenters.